The monoisotopic (exact) mass is 523 g/mol. The Bertz CT molecular complexity index is 1540. The maximum Gasteiger partial charge on any atom is 0.349 e. The zero-order valence-electron chi connectivity index (χ0n) is 17.8. The Morgan fingerprint density at radius 2 is 1.91 bits per heavy atom. The first-order valence-electron chi connectivity index (χ1n) is 9.98. The van der Waals surface area contributed by atoms with Crippen molar-refractivity contribution < 1.29 is 19.4 Å². The van der Waals surface area contributed by atoms with Gasteiger partial charge in [-0.2, -0.15) is 5.10 Å². The van der Waals surface area contributed by atoms with E-state index in [-0.39, 0.29) is 12.2 Å². The van der Waals surface area contributed by atoms with Crippen molar-refractivity contribution in [1.29, 1.82) is 0 Å². The standard InChI is InChI=1S/C24H18BrN3O6/c1-33-20-10-16(12-26-28-22(29)17-7-2-3-8-19(17)27-24(28)32)18(25)11-21(20)34-13-14-5-4-6-15(9-14)23(30)31/h2-12H,13H2,1H3,(H,27,32)(H,30,31). The number of fused-ring (bicyclic) bond motifs is 1. The van der Waals surface area contributed by atoms with Crippen LogP contribution < -0.4 is 20.7 Å². The average Bonchev–Trinajstić information content (AvgIpc) is 2.83. The Labute approximate surface area is 201 Å². The number of methoxy groups -OCH3 is 1. The van der Waals surface area contributed by atoms with E-state index < -0.39 is 17.2 Å². The van der Waals surface area contributed by atoms with Crippen molar-refractivity contribution in [2.24, 2.45) is 5.10 Å². The van der Waals surface area contributed by atoms with Crippen LogP contribution in [0.1, 0.15) is 21.5 Å². The van der Waals surface area contributed by atoms with E-state index in [2.05, 4.69) is 26.0 Å². The number of aromatic amines is 1. The largest absolute Gasteiger partial charge is 0.493 e. The second-order valence-corrected chi connectivity index (χ2v) is 8.01. The van der Waals surface area contributed by atoms with Crippen LogP contribution in [0.5, 0.6) is 11.5 Å². The van der Waals surface area contributed by atoms with E-state index in [0.717, 1.165) is 4.68 Å². The van der Waals surface area contributed by atoms with Gasteiger partial charge in [0.25, 0.3) is 5.56 Å². The third-order valence-electron chi connectivity index (χ3n) is 4.95. The van der Waals surface area contributed by atoms with Crippen LogP contribution in [0.4, 0.5) is 0 Å². The predicted octanol–water partition coefficient (Wildman–Crippen LogP) is 3.62. The molecule has 2 N–H and O–H groups in total. The highest BCUT2D eigenvalue weighted by Crippen LogP contribution is 2.33. The third-order valence-corrected chi connectivity index (χ3v) is 5.63. The Hall–Kier alpha value is -4.18. The summed E-state index contributed by atoms with van der Waals surface area (Å²) in [6.45, 7) is 0.124. The van der Waals surface area contributed by atoms with Gasteiger partial charge in [-0.3, -0.25) is 4.79 Å². The molecule has 172 valence electrons. The molecule has 0 bridgehead atoms. The lowest BCUT2D eigenvalue weighted by molar-refractivity contribution is 0.0696. The molecular weight excluding hydrogens is 506 g/mol. The van der Waals surface area contributed by atoms with Crippen LogP contribution in [0, 0.1) is 0 Å². The molecule has 4 rings (SSSR count). The highest BCUT2D eigenvalue weighted by molar-refractivity contribution is 9.10. The second kappa shape index (κ2) is 9.75. The fourth-order valence-electron chi connectivity index (χ4n) is 3.26. The van der Waals surface area contributed by atoms with Crippen molar-refractivity contribution in [3.05, 3.63) is 103 Å². The van der Waals surface area contributed by atoms with E-state index >= 15 is 0 Å². The average molecular weight is 524 g/mol. The molecule has 0 aliphatic rings. The topological polar surface area (TPSA) is 123 Å². The van der Waals surface area contributed by atoms with E-state index in [9.17, 15) is 14.4 Å². The SMILES string of the molecule is COc1cc(C=Nn2c(=O)[nH]c3ccccc3c2=O)c(Br)cc1OCc1cccc(C(=O)O)c1. The fraction of sp³-hybridized carbons (Fsp3) is 0.0833. The van der Waals surface area contributed by atoms with Gasteiger partial charge in [-0.15, -0.1) is 4.68 Å². The minimum Gasteiger partial charge on any atom is -0.493 e. The van der Waals surface area contributed by atoms with E-state index in [0.29, 0.717) is 38.0 Å². The first-order valence-corrected chi connectivity index (χ1v) is 10.8. The molecule has 0 aliphatic carbocycles. The number of halogens is 1. The van der Waals surface area contributed by atoms with Gasteiger partial charge >= 0.3 is 11.7 Å². The molecule has 9 nitrogen and oxygen atoms in total. The number of benzene rings is 3. The van der Waals surface area contributed by atoms with Crippen LogP contribution in [0.2, 0.25) is 0 Å². The number of aromatic nitrogens is 2. The Morgan fingerprint density at radius 1 is 1.12 bits per heavy atom. The van der Waals surface area contributed by atoms with Crippen molar-refractivity contribution >= 4 is 39.0 Å². The molecular formula is C24H18BrN3O6. The predicted molar refractivity (Wildman–Crippen MR) is 130 cm³/mol. The van der Waals surface area contributed by atoms with Crippen molar-refractivity contribution in [2.45, 2.75) is 6.61 Å². The lowest BCUT2D eigenvalue weighted by atomic mass is 10.1. The number of carboxylic acid groups (broad SMARTS) is 1. The number of H-pyrrole nitrogens is 1. The molecule has 0 saturated carbocycles. The van der Waals surface area contributed by atoms with E-state index in [1.807, 2.05) is 0 Å². The molecule has 1 heterocycles. The van der Waals surface area contributed by atoms with Crippen molar-refractivity contribution in [2.75, 3.05) is 7.11 Å². The summed E-state index contributed by atoms with van der Waals surface area (Å²) in [5, 5.41) is 13.5. The number of ether oxygens (including phenoxy) is 2. The minimum atomic E-state index is -1.02. The lowest BCUT2D eigenvalue weighted by Gasteiger charge is -2.13. The molecule has 1 aromatic heterocycles. The normalized spacial score (nSPS) is 11.1. The van der Waals surface area contributed by atoms with Crippen LogP contribution >= 0.6 is 15.9 Å². The summed E-state index contributed by atoms with van der Waals surface area (Å²) in [6, 6.07) is 16.4. The number of carbonyl (C=O) groups is 1. The van der Waals surface area contributed by atoms with Gasteiger partial charge in [0.05, 0.1) is 29.8 Å². The van der Waals surface area contributed by atoms with Gasteiger partial charge in [-0.05, 0) is 57.9 Å². The molecule has 3 aromatic carbocycles. The van der Waals surface area contributed by atoms with E-state index in [4.69, 9.17) is 14.6 Å². The van der Waals surface area contributed by atoms with Gasteiger partial charge in [0.15, 0.2) is 11.5 Å². The molecule has 4 aromatic rings. The molecule has 10 heteroatoms. The molecule has 0 unspecified atom stereocenters. The summed E-state index contributed by atoms with van der Waals surface area (Å²) >= 11 is 3.44. The van der Waals surface area contributed by atoms with Crippen LogP contribution in [0.25, 0.3) is 10.9 Å². The fourth-order valence-corrected chi connectivity index (χ4v) is 3.68. The maximum absolute atomic E-state index is 12.7. The summed E-state index contributed by atoms with van der Waals surface area (Å²) in [7, 11) is 1.47. The lowest BCUT2D eigenvalue weighted by Crippen LogP contribution is -2.32. The van der Waals surface area contributed by atoms with Crippen LogP contribution in [-0.2, 0) is 6.61 Å². The number of hydrogen-bond donors (Lipinski definition) is 2. The molecule has 0 radical (unpaired) electrons. The minimum absolute atomic E-state index is 0.124. The first-order chi connectivity index (χ1) is 16.4. The van der Waals surface area contributed by atoms with Gasteiger partial charge in [-0.1, -0.05) is 24.3 Å². The molecule has 0 amide bonds. The quantitative estimate of drug-likeness (QED) is 0.356. The van der Waals surface area contributed by atoms with Gasteiger partial charge in [-0.25, -0.2) is 9.59 Å². The van der Waals surface area contributed by atoms with Crippen molar-refractivity contribution in [1.82, 2.24) is 9.66 Å². The van der Waals surface area contributed by atoms with Crippen LogP contribution in [0.3, 0.4) is 0 Å². The number of aromatic carboxylic acids is 1. The molecule has 0 aliphatic heterocycles. The number of nitrogens with zero attached hydrogens (tertiary/aromatic N) is 2. The molecule has 0 fully saturated rings. The third kappa shape index (κ3) is 4.76. The number of hydrogen-bond acceptors (Lipinski definition) is 6. The molecule has 34 heavy (non-hydrogen) atoms. The summed E-state index contributed by atoms with van der Waals surface area (Å²) in [6.07, 6.45) is 1.36. The summed E-state index contributed by atoms with van der Waals surface area (Å²) in [5.41, 5.74) is 0.617. The van der Waals surface area contributed by atoms with Crippen LogP contribution in [-0.4, -0.2) is 34.1 Å². The zero-order valence-corrected chi connectivity index (χ0v) is 19.4. The smallest absolute Gasteiger partial charge is 0.349 e. The van der Waals surface area contributed by atoms with Gasteiger partial charge in [0.1, 0.15) is 6.61 Å². The summed E-state index contributed by atoms with van der Waals surface area (Å²) in [4.78, 5) is 38.8. The Morgan fingerprint density at radius 3 is 2.68 bits per heavy atom. The van der Waals surface area contributed by atoms with Gasteiger partial charge in [0, 0.05) is 10.0 Å². The first kappa shape index (κ1) is 23.0. The molecule has 0 saturated heterocycles. The highest BCUT2D eigenvalue weighted by Gasteiger charge is 2.12. The number of para-hydroxylation sites is 1. The van der Waals surface area contributed by atoms with Gasteiger partial charge < -0.3 is 19.6 Å². The highest BCUT2D eigenvalue weighted by atomic mass is 79.9. The van der Waals surface area contributed by atoms with E-state index in [1.165, 1.54) is 25.5 Å². The Balaban J connectivity index is 1.61. The number of nitrogens with one attached hydrogen (secondary N) is 1. The summed E-state index contributed by atoms with van der Waals surface area (Å²) in [5.74, 6) is -0.220. The molecule has 0 spiro atoms. The van der Waals surface area contributed by atoms with E-state index in [1.54, 1.807) is 48.5 Å². The van der Waals surface area contributed by atoms with Crippen molar-refractivity contribution in [3.63, 3.8) is 0 Å². The second-order valence-electron chi connectivity index (χ2n) is 7.16. The molecule has 0 atom stereocenters. The van der Waals surface area contributed by atoms with Crippen molar-refractivity contribution in [3.8, 4) is 11.5 Å². The zero-order chi connectivity index (χ0) is 24.2. The number of rotatable bonds is 7. The summed E-state index contributed by atoms with van der Waals surface area (Å²) < 4.78 is 12.6. The number of carboxylic acids is 1. The van der Waals surface area contributed by atoms with Crippen LogP contribution in [0.15, 0.2) is 79.8 Å². The maximum atomic E-state index is 12.7. The Kier molecular flexibility index (Phi) is 6.60. The van der Waals surface area contributed by atoms with Gasteiger partial charge in [0.2, 0.25) is 0 Å².